The molecule has 4 nitrogen and oxygen atoms in total. The van der Waals surface area contributed by atoms with Crippen molar-refractivity contribution in [2.75, 3.05) is 6.61 Å². The molecule has 5 heteroatoms. The van der Waals surface area contributed by atoms with Crippen molar-refractivity contribution in [2.24, 2.45) is 0 Å². The number of rotatable bonds is 5. The van der Waals surface area contributed by atoms with E-state index < -0.39 is 15.8 Å². The number of hydrogen-bond donors (Lipinski definition) is 0. The Balaban J connectivity index is 2.55. The van der Waals surface area contributed by atoms with Crippen LogP contribution >= 0.6 is 0 Å². The van der Waals surface area contributed by atoms with Crippen LogP contribution in [0.15, 0.2) is 64.4 Å². The number of sulfone groups is 1. The molecule has 2 aromatic carbocycles. The van der Waals surface area contributed by atoms with Gasteiger partial charge in [0.2, 0.25) is 9.84 Å². The van der Waals surface area contributed by atoms with Crippen LogP contribution in [-0.4, -0.2) is 21.0 Å². The molecule has 120 valence electrons. The van der Waals surface area contributed by atoms with Gasteiger partial charge in [0.1, 0.15) is 0 Å². The largest absolute Gasteiger partial charge is 0.462 e. The molecule has 0 amide bonds. The molecule has 0 saturated carbocycles. The van der Waals surface area contributed by atoms with Crippen molar-refractivity contribution in [1.29, 1.82) is 0 Å². The molecule has 23 heavy (non-hydrogen) atoms. The van der Waals surface area contributed by atoms with Crippen molar-refractivity contribution in [3.05, 3.63) is 70.6 Å². The summed E-state index contributed by atoms with van der Waals surface area (Å²) in [6.45, 7) is 3.60. The van der Waals surface area contributed by atoms with Gasteiger partial charge in [0, 0.05) is 0 Å². The highest BCUT2D eigenvalue weighted by molar-refractivity contribution is 7.96. The minimum Gasteiger partial charge on any atom is -0.462 e. The summed E-state index contributed by atoms with van der Waals surface area (Å²) in [4.78, 5) is 11.9. The van der Waals surface area contributed by atoms with E-state index in [1.807, 2.05) is 13.0 Å². The maximum absolute atomic E-state index is 12.8. The van der Waals surface area contributed by atoms with Gasteiger partial charge in [-0.15, -0.1) is 0 Å². The topological polar surface area (TPSA) is 60.4 Å². The Labute approximate surface area is 136 Å². The lowest BCUT2D eigenvalue weighted by Gasteiger charge is -2.09. The maximum Gasteiger partial charge on any atom is 0.350 e. The fourth-order valence-corrected chi connectivity index (χ4v) is 3.31. The van der Waals surface area contributed by atoms with Crippen LogP contribution in [-0.2, 0) is 19.4 Å². The molecular formula is C18H18O4S. The molecule has 0 radical (unpaired) electrons. The monoisotopic (exact) mass is 330 g/mol. The second-order valence-corrected chi connectivity index (χ2v) is 6.87. The van der Waals surface area contributed by atoms with E-state index in [9.17, 15) is 13.2 Å². The number of carbonyl (C=O) groups is 1. The molecule has 0 heterocycles. The number of esters is 1. The summed E-state index contributed by atoms with van der Waals surface area (Å²) >= 11 is 0. The highest BCUT2D eigenvalue weighted by Gasteiger charge is 2.28. The molecule has 2 aromatic rings. The summed E-state index contributed by atoms with van der Waals surface area (Å²) in [7, 11) is -3.95. The highest BCUT2D eigenvalue weighted by atomic mass is 32.2. The number of carbonyl (C=O) groups excluding carboxylic acids is 1. The molecule has 0 aliphatic carbocycles. The minimum atomic E-state index is -3.95. The van der Waals surface area contributed by atoms with E-state index in [-0.39, 0.29) is 16.4 Å². The summed E-state index contributed by atoms with van der Waals surface area (Å²) in [5.74, 6) is -0.850. The van der Waals surface area contributed by atoms with Gasteiger partial charge in [0.25, 0.3) is 0 Å². The van der Waals surface area contributed by atoms with Gasteiger partial charge in [-0.25, -0.2) is 13.2 Å². The second kappa shape index (κ2) is 7.24. The number of hydrogen-bond acceptors (Lipinski definition) is 4. The minimum absolute atomic E-state index is 0.0679. The first-order chi connectivity index (χ1) is 10.9. The van der Waals surface area contributed by atoms with Crippen LogP contribution in [0.3, 0.4) is 0 Å². The lowest BCUT2D eigenvalue weighted by Crippen LogP contribution is -2.16. The normalized spacial score (nSPS) is 12.0. The molecule has 0 atom stereocenters. The van der Waals surface area contributed by atoms with E-state index in [2.05, 4.69) is 0 Å². The fraction of sp³-hybridized carbons (Fsp3) is 0.167. The molecular weight excluding hydrogens is 312 g/mol. The van der Waals surface area contributed by atoms with E-state index in [0.29, 0.717) is 5.56 Å². The fourth-order valence-electron chi connectivity index (χ4n) is 1.99. The van der Waals surface area contributed by atoms with E-state index in [4.69, 9.17) is 4.74 Å². The first-order valence-electron chi connectivity index (χ1n) is 7.21. The zero-order valence-corrected chi connectivity index (χ0v) is 13.8. The maximum atomic E-state index is 12.8. The highest BCUT2D eigenvalue weighted by Crippen LogP contribution is 2.23. The summed E-state index contributed by atoms with van der Waals surface area (Å²) in [6.07, 6.45) is 1.34. The number of aryl methyl sites for hydroxylation is 1. The van der Waals surface area contributed by atoms with Crippen LogP contribution in [0.4, 0.5) is 0 Å². The third kappa shape index (κ3) is 4.07. The summed E-state index contributed by atoms with van der Waals surface area (Å²) < 4.78 is 30.5. The van der Waals surface area contributed by atoms with E-state index in [1.165, 1.54) is 18.2 Å². The van der Waals surface area contributed by atoms with Gasteiger partial charge in [-0.3, -0.25) is 0 Å². The lowest BCUT2D eigenvalue weighted by molar-refractivity contribution is -0.137. The predicted molar refractivity (Wildman–Crippen MR) is 89.4 cm³/mol. The third-order valence-corrected chi connectivity index (χ3v) is 4.95. The Morgan fingerprint density at radius 2 is 1.65 bits per heavy atom. The number of ether oxygens (including phenoxy) is 1. The van der Waals surface area contributed by atoms with E-state index in [1.54, 1.807) is 43.3 Å². The molecule has 0 saturated heterocycles. The predicted octanol–water partition coefficient (Wildman–Crippen LogP) is 3.37. The van der Waals surface area contributed by atoms with Crippen LogP contribution in [0, 0.1) is 6.92 Å². The van der Waals surface area contributed by atoms with Crippen molar-refractivity contribution in [3.63, 3.8) is 0 Å². The van der Waals surface area contributed by atoms with Gasteiger partial charge >= 0.3 is 5.97 Å². The smallest absolute Gasteiger partial charge is 0.350 e. The average molecular weight is 330 g/mol. The average Bonchev–Trinajstić information content (AvgIpc) is 2.54. The van der Waals surface area contributed by atoms with Crippen LogP contribution < -0.4 is 0 Å². The van der Waals surface area contributed by atoms with Gasteiger partial charge in [-0.2, -0.15) is 0 Å². The molecule has 0 bridgehead atoms. The Morgan fingerprint density at radius 1 is 1.04 bits per heavy atom. The van der Waals surface area contributed by atoms with Crippen LogP contribution in [0.2, 0.25) is 0 Å². The lowest BCUT2D eigenvalue weighted by atomic mass is 10.2. The Morgan fingerprint density at radius 3 is 2.22 bits per heavy atom. The Hall–Kier alpha value is -2.40. The van der Waals surface area contributed by atoms with Crippen molar-refractivity contribution < 1.29 is 17.9 Å². The molecule has 2 rings (SSSR count). The molecule has 0 aliphatic heterocycles. The van der Waals surface area contributed by atoms with Gasteiger partial charge in [0.15, 0.2) is 4.91 Å². The third-order valence-electron chi connectivity index (χ3n) is 3.19. The summed E-state index contributed by atoms with van der Waals surface area (Å²) in [5.41, 5.74) is 1.56. The van der Waals surface area contributed by atoms with Crippen molar-refractivity contribution in [3.8, 4) is 0 Å². The van der Waals surface area contributed by atoms with E-state index in [0.717, 1.165) is 5.56 Å². The Kier molecular flexibility index (Phi) is 5.34. The SMILES string of the molecule is CCOC(=O)/C(=C\c1ccccc1)S(=O)(=O)c1ccc(C)cc1. The van der Waals surface area contributed by atoms with Gasteiger partial charge in [0.05, 0.1) is 11.5 Å². The molecule has 0 aromatic heterocycles. The molecule has 0 unspecified atom stereocenters. The molecule has 0 N–H and O–H groups in total. The van der Waals surface area contributed by atoms with Crippen molar-refractivity contribution >= 4 is 21.9 Å². The standard InChI is InChI=1S/C18H18O4S/c1-3-22-18(19)17(13-15-7-5-4-6-8-15)23(20,21)16-11-9-14(2)10-12-16/h4-13H,3H2,1-2H3/b17-13+. The van der Waals surface area contributed by atoms with Crippen molar-refractivity contribution in [1.82, 2.24) is 0 Å². The molecule has 0 fully saturated rings. The van der Waals surface area contributed by atoms with Crippen LogP contribution in [0.25, 0.3) is 6.08 Å². The van der Waals surface area contributed by atoms with Crippen molar-refractivity contribution in [2.45, 2.75) is 18.7 Å². The Bertz CT molecular complexity index is 804. The molecule has 0 spiro atoms. The van der Waals surface area contributed by atoms with Crippen LogP contribution in [0.5, 0.6) is 0 Å². The first kappa shape index (κ1) is 17.0. The summed E-state index contributed by atoms with van der Waals surface area (Å²) in [5, 5.41) is 0. The van der Waals surface area contributed by atoms with Gasteiger partial charge in [-0.1, -0.05) is 48.0 Å². The quantitative estimate of drug-likeness (QED) is 0.623. The van der Waals surface area contributed by atoms with Gasteiger partial charge < -0.3 is 4.74 Å². The van der Waals surface area contributed by atoms with E-state index >= 15 is 0 Å². The van der Waals surface area contributed by atoms with Crippen LogP contribution in [0.1, 0.15) is 18.1 Å². The zero-order valence-electron chi connectivity index (χ0n) is 13.0. The van der Waals surface area contributed by atoms with Gasteiger partial charge in [-0.05, 0) is 37.6 Å². The second-order valence-electron chi connectivity index (χ2n) is 4.96. The summed E-state index contributed by atoms with van der Waals surface area (Å²) in [6, 6.07) is 15.2. The first-order valence-corrected chi connectivity index (χ1v) is 8.69. The zero-order chi connectivity index (χ0) is 16.9. The number of benzene rings is 2. The molecule has 0 aliphatic rings.